The molecule has 0 spiro atoms. The van der Waals surface area contributed by atoms with Crippen molar-refractivity contribution < 1.29 is 5.11 Å². The highest BCUT2D eigenvalue weighted by Gasteiger charge is 2.36. The van der Waals surface area contributed by atoms with Gasteiger partial charge in [0.15, 0.2) is 0 Å². The van der Waals surface area contributed by atoms with Crippen molar-refractivity contribution >= 4 is 0 Å². The Balaban J connectivity index is 4.82. The van der Waals surface area contributed by atoms with E-state index in [4.69, 9.17) is 5.73 Å². The zero-order valence-electron chi connectivity index (χ0n) is 8.81. The molecule has 0 aliphatic heterocycles. The molecule has 72 valence electrons. The predicted molar refractivity (Wildman–Crippen MR) is 52.9 cm³/mol. The first-order chi connectivity index (χ1) is 5.23. The molecule has 3 N–H and O–H groups in total. The van der Waals surface area contributed by atoms with Crippen LogP contribution in [0.25, 0.3) is 0 Å². The van der Waals surface area contributed by atoms with Gasteiger partial charge >= 0.3 is 0 Å². The highest BCUT2D eigenvalue weighted by molar-refractivity contribution is 5.12. The van der Waals surface area contributed by atoms with Gasteiger partial charge in [-0.15, -0.1) is 0 Å². The van der Waals surface area contributed by atoms with Gasteiger partial charge in [-0.05, 0) is 19.3 Å². The van der Waals surface area contributed by atoms with Gasteiger partial charge < -0.3 is 10.8 Å². The van der Waals surface area contributed by atoms with Crippen molar-refractivity contribution in [1.29, 1.82) is 0 Å². The van der Waals surface area contributed by atoms with Crippen LogP contribution in [0.2, 0.25) is 0 Å². The molecule has 0 saturated carbocycles. The van der Waals surface area contributed by atoms with Crippen LogP contribution in [-0.4, -0.2) is 17.3 Å². The Hall–Kier alpha value is -0.340. The molecular weight excluding hydrogens is 150 g/mol. The van der Waals surface area contributed by atoms with Gasteiger partial charge in [0, 0.05) is 6.54 Å². The minimum atomic E-state index is -0.883. The third-order valence-corrected chi connectivity index (χ3v) is 2.14. The van der Waals surface area contributed by atoms with E-state index in [2.05, 4.69) is 0 Å². The van der Waals surface area contributed by atoms with Crippen molar-refractivity contribution in [3.63, 3.8) is 0 Å². The zero-order chi connectivity index (χ0) is 9.99. The maximum atomic E-state index is 10.1. The minimum absolute atomic E-state index is 0.209. The van der Waals surface area contributed by atoms with E-state index in [1.54, 1.807) is 0 Å². The van der Waals surface area contributed by atoms with Gasteiger partial charge in [0.25, 0.3) is 0 Å². The standard InChI is InChI=1S/C10H21NO/c1-8(2)6-10(12,7-11)9(3,4)5/h6,12H,7,11H2,1-5H3. The number of nitrogens with two attached hydrogens (primary N) is 1. The lowest BCUT2D eigenvalue weighted by atomic mass is 9.75. The molecule has 2 heteroatoms. The van der Waals surface area contributed by atoms with Crippen molar-refractivity contribution in [2.24, 2.45) is 11.1 Å². The molecule has 0 radical (unpaired) electrons. The molecule has 0 aromatic carbocycles. The van der Waals surface area contributed by atoms with Gasteiger partial charge in [-0.3, -0.25) is 0 Å². The first-order valence-electron chi connectivity index (χ1n) is 4.31. The second-order valence-electron chi connectivity index (χ2n) is 4.60. The summed E-state index contributed by atoms with van der Waals surface area (Å²) in [6.45, 7) is 10.2. The van der Waals surface area contributed by atoms with E-state index < -0.39 is 5.60 Å². The number of aliphatic hydroxyl groups is 1. The molecule has 0 aliphatic rings. The fourth-order valence-corrected chi connectivity index (χ4v) is 1.06. The highest BCUT2D eigenvalue weighted by Crippen LogP contribution is 2.31. The fraction of sp³-hybridized carbons (Fsp3) is 0.800. The molecule has 0 aliphatic carbocycles. The van der Waals surface area contributed by atoms with Gasteiger partial charge in [0.1, 0.15) is 0 Å². The van der Waals surface area contributed by atoms with Crippen molar-refractivity contribution in [2.75, 3.05) is 6.54 Å². The maximum Gasteiger partial charge on any atom is 0.0999 e. The number of hydrogen-bond acceptors (Lipinski definition) is 2. The third kappa shape index (κ3) is 2.61. The van der Waals surface area contributed by atoms with Crippen molar-refractivity contribution in [1.82, 2.24) is 0 Å². The first-order valence-corrected chi connectivity index (χ1v) is 4.31. The molecule has 0 aromatic heterocycles. The zero-order valence-corrected chi connectivity index (χ0v) is 8.81. The minimum Gasteiger partial charge on any atom is -0.384 e. The van der Waals surface area contributed by atoms with Crippen LogP contribution >= 0.6 is 0 Å². The summed E-state index contributed by atoms with van der Waals surface area (Å²) in [5.74, 6) is 0. The first kappa shape index (κ1) is 11.7. The molecule has 2 nitrogen and oxygen atoms in total. The third-order valence-electron chi connectivity index (χ3n) is 2.14. The van der Waals surface area contributed by atoms with Crippen LogP contribution in [0, 0.1) is 5.41 Å². The van der Waals surface area contributed by atoms with Crippen LogP contribution in [0.4, 0.5) is 0 Å². The van der Waals surface area contributed by atoms with Gasteiger partial charge in [0.2, 0.25) is 0 Å². The molecular formula is C10H21NO. The van der Waals surface area contributed by atoms with Gasteiger partial charge in [-0.1, -0.05) is 32.4 Å². The summed E-state index contributed by atoms with van der Waals surface area (Å²) in [6, 6.07) is 0. The summed E-state index contributed by atoms with van der Waals surface area (Å²) >= 11 is 0. The average molecular weight is 171 g/mol. The number of hydrogen-bond donors (Lipinski definition) is 2. The lowest BCUT2D eigenvalue weighted by molar-refractivity contribution is -0.00594. The quantitative estimate of drug-likeness (QED) is 0.621. The Morgan fingerprint density at radius 3 is 1.83 bits per heavy atom. The van der Waals surface area contributed by atoms with Crippen molar-refractivity contribution in [2.45, 2.75) is 40.2 Å². The summed E-state index contributed by atoms with van der Waals surface area (Å²) in [6.07, 6.45) is 1.84. The topological polar surface area (TPSA) is 46.2 Å². The molecule has 0 rings (SSSR count). The van der Waals surface area contributed by atoms with Crippen molar-refractivity contribution in [3.8, 4) is 0 Å². The molecule has 0 amide bonds. The second kappa shape index (κ2) is 3.58. The van der Waals surface area contributed by atoms with Crippen LogP contribution in [0.3, 0.4) is 0 Å². The van der Waals surface area contributed by atoms with E-state index in [1.165, 1.54) is 0 Å². The van der Waals surface area contributed by atoms with Gasteiger partial charge in [-0.2, -0.15) is 0 Å². The van der Waals surface area contributed by atoms with E-state index in [0.29, 0.717) is 0 Å². The van der Waals surface area contributed by atoms with E-state index in [9.17, 15) is 5.11 Å². The monoisotopic (exact) mass is 171 g/mol. The second-order valence-corrected chi connectivity index (χ2v) is 4.60. The van der Waals surface area contributed by atoms with Crippen LogP contribution in [0.5, 0.6) is 0 Å². The number of allylic oxidation sites excluding steroid dienone is 1. The fourth-order valence-electron chi connectivity index (χ4n) is 1.06. The molecule has 0 heterocycles. The van der Waals surface area contributed by atoms with Crippen LogP contribution in [0.1, 0.15) is 34.6 Å². The molecule has 0 bridgehead atoms. The Morgan fingerprint density at radius 2 is 1.75 bits per heavy atom. The summed E-state index contributed by atoms with van der Waals surface area (Å²) in [7, 11) is 0. The normalized spacial score (nSPS) is 16.9. The Morgan fingerprint density at radius 1 is 1.33 bits per heavy atom. The summed E-state index contributed by atoms with van der Waals surface area (Å²) in [5, 5.41) is 10.1. The smallest absolute Gasteiger partial charge is 0.0999 e. The number of rotatable bonds is 2. The molecule has 0 aromatic rings. The van der Waals surface area contributed by atoms with E-state index in [-0.39, 0.29) is 12.0 Å². The summed E-state index contributed by atoms with van der Waals surface area (Å²) in [5.41, 5.74) is 5.55. The van der Waals surface area contributed by atoms with Crippen molar-refractivity contribution in [3.05, 3.63) is 11.6 Å². The lowest BCUT2D eigenvalue weighted by Crippen LogP contribution is -2.47. The van der Waals surface area contributed by atoms with Gasteiger partial charge in [0.05, 0.1) is 5.60 Å². The predicted octanol–water partition coefficient (Wildman–Crippen LogP) is 1.69. The Labute approximate surface area is 75.5 Å². The molecule has 1 atom stereocenters. The Bertz CT molecular complexity index is 175. The SMILES string of the molecule is CC(C)=CC(O)(CN)C(C)(C)C. The molecule has 1 unspecified atom stereocenters. The highest BCUT2D eigenvalue weighted by atomic mass is 16.3. The van der Waals surface area contributed by atoms with Crippen LogP contribution in [0.15, 0.2) is 11.6 Å². The van der Waals surface area contributed by atoms with Crippen LogP contribution < -0.4 is 5.73 Å². The molecule has 12 heavy (non-hydrogen) atoms. The van der Waals surface area contributed by atoms with Gasteiger partial charge in [-0.25, -0.2) is 0 Å². The average Bonchev–Trinajstić information content (AvgIpc) is 1.83. The summed E-state index contributed by atoms with van der Waals surface area (Å²) < 4.78 is 0. The Kier molecular flexibility index (Phi) is 3.48. The van der Waals surface area contributed by atoms with E-state index in [0.717, 1.165) is 5.57 Å². The maximum absolute atomic E-state index is 10.1. The molecule has 0 saturated heterocycles. The lowest BCUT2D eigenvalue weighted by Gasteiger charge is -2.37. The van der Waals surface area contributed by atoms with Crippen LogP contribution in [-0.2, 0) is 0 Å². The summed E-state index contributed by atoms with van der Waals surface area (Å²) in [4.78, 5) is 0. The van der Waals surface area contributed by atoms with E-state index >= 15 is 0 Å². The largest absolute Gasteiger partial charge is 0.384 e. The van der Waals surface area contributed by atoms with E-state index in [1.807, 2.05) is 40.7 Å². The molecule has 0 fully saturated rings.